The summed E-state index contributed by atoms with van der Waals surface area (Å²) < 4.78 is 56.7. The summed E-state index contributed by atoms with van der Waals surface area (Å²) >= 11 is 6.40. The lowest BCUT2D eigenvalue weighted by Gasteiger charge is -2.37. The van der Waals surface area contributed by atoms with Crippen LogP contribution in [0.15, 0.2) is 60.8 Å². The predicted molar refractivity (Wildman–Crippen MR) is 147 cm³/mol. The van der Waals surface area contributed by atoms with Crippen LogP contribution >= 0.6 is 11.6 Å². The van der Waals surface area contributed by atoms with Gasteiger partial charge in [-0.05, 0) is 42.3 Å². The fourth-order valence-corrected chi connectivity index (χ4v) is 5.12. The first-order chi connectivity index (χ1) is 20.0. The van der Waals surface area contributed by atoms with E-state index in [-0.39, 0.29) is 24.9 Å². The fourth-order valence-electron chi connectivity index (χ4n) is 4.84. The van der Waals surface area contributed by atoms with Gasteiger partial charge in [0.05, 0.1) is 23.2 Å². The van der Waals surface area contributed by atoms with Crippen LogP contribution in [0.25, 0.3) is 22.0 Å². The largest absolute Gasteiger partial charge is 0.480 e. The highest BCUT2D eigenvalue weighted by atomic mass is 35.5. The van der Waals surface area contributed by atoms with Crippen LogP contribution in [0.5, 0.6) is 0 Å². The van der Waals surface area contributed by atoms with Crippen molar-refractivity contribution in [3.8, 4) is 17.2 Å². The lowest BCUT2D eigenvalue weighted by atomic mass is 9.87. The van der Waals surface area contributed by atoms with Crippen LogP contribution in [0.1, 0.15) is 34.3 Å². The zero-order chi connectivity index (χ0) is 30.2. The average Bonchev–Trinajstić information content (AvgIpc) is 2.95. The Morgan fingerprint density at radius 2 is 1.83 bits per heavy atom. The number of amides is 1. The smallest absolute Gasteiger partial charge is 0.326 e. The van der Waals surface area contributed by atoms with Crippen LogP contribution < -0.4 is 10.6 Å². The molecule has 1 aliphatic carbocycles. The van der Waals surface area contributed by atoms with Gasteiger partial charge in [-0.25, -0.2) is 22.4 Å². The number of carboxylic acid groups (broad SMARTS) is 1. The number of carbonyl (C=O) groups excluding carboxylic acids is 1. The van der Waals surface area contributed by atoms with Crippen molar-refractivity contribution in [1.29, 1.82) is 5.26 Å². The number of aromatic nitrogens is 1. The number of pyridine rings is 1. The van der Waals surface area contributed by atoms with Gasteiger partial charge in [-0.2, -0.15) is 5.26 Å². The molecule has 42 heavy (non-hydrogen) atoms. The summed E-state index contributed by atoms with van der Waals surface area (Å²) in [5, 5.41) is 24.4. The predicted octanol–water partition coefficient (Wildman–Crippen LogP) is 6.34. The second-order valence-electron chi connectivity index (χ2n) is 9.86. The first-order valence-corrected chi connectivity index (χ1v) is 13.1. The number of rotatable bonds is 8. The number of hydrogen-bond donors (Lipinski definition) is 3. The van der Waals surface area contributed by atoms with E-state index in [9.17, 15) is 32.3 Å². The van der Waals surface area contributed by atoms with Gasteiger partial charge in [0.25, 0.3) is 11.8 Å². The Morgan fingerprint density at radius 1 is 1.12 bits per heavy atom. The molecular formula is C30H21ClF4N4O3. The van der Waals surface area contributed by atoms with Gasteiger partial charge in [-0.3, -0.25) is 9.78 Å². The van der Waals surface area contributed by atoms with E-state index in [1.54, 1.807) is 42.6 Å². The van der Waals surface area contributed by atoms with Crippen molar-refractivity contribution in [3.05, 3.63) is 94.1 Å². The molecule has 214 valence electrons. The third-order valence-electron chi connectivity index (χ3n) is 7.16. The molecule has 7 nitrogen and oxygen atoms in total. The molecule has 0 saturated heterocycles. The first kappa shape index (κ1) is 28.8. The molecule has 3 aromatic carbocycles. The summed E-state index contributed by atoms with van der Waals surface area (Å²) in [4.78, 5) is 29.4. The van der Waals surface area contributed by atoms with Crippen LogP contribution in [0.2, 0.25) is 5.02 Å². The van der Waals surface area contributed by atoms with Gasteiger partial charge in [-0.1, -0.05) is 35.9 Å². The van der Waals surface area contributed by atoms with Crippen LogP contribution in [-0.4, -0.2) is 40.0 Å². The zero-order valence-corrected chi connectivity index (χ0v) is 22.4. The lowest BCUT2D eigenvalue weighted by Crippen LogP contribution is -2.49. The van der Waals surface area contributed by atoms with Crippen LogP contribution in [0.4, 0.5) is 23.2 Å². The Bertz CT molecular complexity index is 1750. The molecule has 1 fully saturated rings. The van der Waals surface area contributed by atoms with E-state index in [1.165, 1.54) is 6.07 Å². The maximum Gasteiger partial charge on any atom is 0.326 e. The number of hydrogen-bond acceptors (Lipinski definition) is 5. The maximum absolute atomic E-state index is 14.8. The highest BCUT2D eigenvalue weighted by molar-refractivity contribution is 6.33. The number of nitriles is 1. The molecule has 1 heterocycles. The number of alkyl halides is 2. The Labute approximate surface area is 241 Å². The quantitative estimate of drug-likeness (QED) is 0.205. The van der Waals surface area contributed by atoms with Crippen molar-refractivity contribution in [2.24, 2.45) is 0 Å². The number of anilines is 1. The lowest BCUT2D eigenvalue weighted by molar-refractivity contribution is -0.139. The highest BCUT2D eigenvalue weighted by Crippen LogP contribution is 2.40. The van der Waals surface area contributed by atoms with E-state index in [2.05, 4.69) is 15.6 Å². The molecule has 0 unspecified atom stereocenters. The number of nitrogens with zero attached hydrogens (tertiary/aromatic N) is 2. The number of carbonyl (C=O) groups is 2. The van der Waals surface area contributed by atoms with Gasteiger partial charge in [0.1, 0.15) is 23.2 Å². The van der Waals surface area contributed by atoms with Gasteiger partial charge in [0.15, 0.2) is 0 Å². The summed E-state index contributed by atoms with van der Waals surface area (Å²) in [6, 6.07) is 12.0. The number of aliphatic carboxylic acids is 1. The summed E-state index contributed by atoms with van der Waals surface area (Å²) in [5.41, 5.74) is 1.25. The molecule has 0 spiro atoms. The molecule has 3 N–H and O–H groups in total. The number of carboxylic acids is 1. The molecule has 12 heteroatoms. The molecule has 0 bridgehead atoms. The summed E-state index contributed by atoms with van der Waals surface area (Å²) in [6.07, 6.45) is 1.05. The first-order valence-electron chi connectivity index (χ1n) is 12.7. The Hall–Kier alpha value is -4.69. The summed E-state index contributed by atoms with van der Waals surface area (Å²) in [5.74, 6) is -8.45. The molecule has 1 amide bonds. The fraction of sp³-hybridized carbons (Fsp3) is 0.200. The second-order valence-corrected chi connectivity index (χ2v) is 10.3. The zero-order valence-electron chi connectivity index (χ0n) is 21.6. The molecule has 5 rings (SSSR count). The minimum Gasteiger partial charge on any atom is -0.480 e. The number of nitrogens with one attached hydrogen (secondary N) is 2. The third-order valence-corrected chi connectivity index (χ3v) is 7.47. The summed E-state index contributed by atoms with van der Waals surface area (Å²) in [7, 11) is 0. The third kappa shape index (κ3) is 5.58. The molecule has 1 aliphatic rings. The van der Waals surface area contributed by atoms with Crippen LogP contribution in [0.3, 0.4) is 0 Å². The van der Waals surface area contributed by atoms with E-state index in [0.29, 0.717) is 50.3 Å². The molecule has 2 atom stereocenters. The van der Waals surface area contributed by atoms with Crippen LogP contribution in [-0.2, 0) is 11.2 Å². The molecule has 0 aliphatic heterocycles. The van der Waals surface area contributed by atoms with E-state index in [4.69, 9.17) is 16.9 Å². The standard InChI is InChI=1S/C30H21ClF4N4O3/c31-21-10-15(14-36)3-5-19(21)20-6-4-16(18-2-1-9-37-27(18)20)11-24(29(41)42)39-28(40)26-22(32)12-17(13-23(26)33)38-25-7-8-30(25,34)35/h1-6,9-10,12-13,24-25,38H,7-8,11H2,(H,39,40)(H,41,42)/t24-,25-/m0/s1. The normalized spacial score (nSPS) is 16.2. The minimum absolute atomic E-state index is 0.116. The van der Waals surface area contributed by atoms with E-state index in [0.717, 1.165) is 0 Å². The van der Waals surface area contributed by atoms with Crippen molar-refractivity contribution >= 4 is 40.1 Å². The van der Waals surface area contributed by atoms with Crippen LogP contribution in [0, 0.1) is 23.0 Å². The van der Waals surface area contributed by atoms with Gasteiger partial charge >= 0.3 is 5.97 Å². The maximum atomic E-state index is 14.8. The van der Waals surface area contributed by atoms with Crippen molar-refractivity contribution in [1.82, 2.24) is 10.3 Å². The Morgan fingerprint density at radius 3 is 2.43 bits per heavy atom. The Kier molecular flexibility index (Phi) is 7.75. The van der Waals surface area contributed by atoms with E-state index >= 15 is 0 Å². The van der Waals surface area contributed by atoms with Crippen molar-refractivity contribution < 1.29 is 32.3 Å². The Balaban J connectivity index is 1.40. The van der Waals surface area contributed by atoms with Gasteiger partial charge in [-0.15, -0.1) is 0 Å². The highest BCUT2D eigenvalue weighted by Gasteiger charge is 2.48. The topological polar surface area (TPSA) is 115 Å². The van der Waals surface area contributed by atoms with E-state index < -0.39 is 47.1 Å². The molecular weight excluding hydrogens is 576 g/mol. The minimum atomic E-state index is -3.01. The van der Waals surface area contributed by atoms with E-state index in [1.807, 2.05) is 6.07 Å². The average molecular weight is 597 g/mol. The number of fused-ring (bicyclic) bond motifs is 1. The monoisotopic (exact) mass is 596 g/mol. The SMILES string of the molecule is N#Cc1ccc(-c2ccc(C[C@H](NC(=O)c3c(F)cc(N[C@H]4CCC4(F)F)cc3F)C(=O)O)c3cccnc23)c(Cl)c1. The van der Waals surface area contributed by atoms with Crippen molar-refractivity contribution in [2.45, 2.75) is 37.3 Å². The summed E-state index contributed by atoms with van der Waals surface area (Å²) in [6.45, 7) is 0. The van der Waals surface area contributed by atoms with Crippen molar-refractivity contribution in [2.75, 3.05) is 5.32 Å². The number of halogens is 5. The number of benzene rings is 3. The van der Waals surface area contributed by atoms with Gasteiger partial charge in [0.2, 0.25) is 0 Å². The molecule has 1 saturated carbocycles. The van der Waals surface area contributed by atoms with Crippen molar-refractivity contribution in [3.63, 3.8) is 0 Å². The second kappa shape index (κ2) is 11.3. The molecule has 1 aromatic heterocycles. The van der Waals surface area contributed by atoms with Gasteiger partial charge < -0.3 is 15.7 Å². The molecule has 0 radical (unpaired) electrons. The molecule has 4 aromatic rings. The van der Waals surface area contributed by atoms with Gasteiger partial charge in [0, 0.05) is 46.3 Å².